The highest BCUT2D eigenvalue weighted by Gasteiger charge is 2.26. The number of amides is 1. The third-order valence-corrected chi connectivity index (χ3v) is 5.00. The van der Waals surface area contributed by atoms with Gasteiger partial charge in [-0.2, -0.15) is 0 Å². The third kappa shape index (κ3) is 4.60. The number of ether oxygens (including phenoxy) is 2. The lowest BCUT2D eigenvalue weighted by Crippen LogP contribution is -2.38. The van der Waals surface area contributed by atoms with E-state index in [1.54, 1.807) is 4.90 Å². The predicted octanol–water partition coefficient (Wildman–Crippen LogP) is 3.82. The number of imidazole rings is 1. The van der Waals surface area contributed by atoms with Crippen molar-refractivity contribution in [3.63, 3.8) is 0 Å². The molecular formula is C22H29N3O4. The molecule has 29 heavy (non-hydrogen) atoms. The van der Waals surface area contributed by atoms with Crippen LogP contribution in [0.1, 0.15) is 53.6 Å². The van der Waals surface area contributed by atoms with Gasteiger partial charge >= 0.3 is 12.1 Å². The number of hydrogen-bond donors (Lipinski definition) is 1. The van der Waals surface area contributed by atoms with Crippen LogP contribution in [-0.4, -0.2) is 52.7 Å². The first kappa shape index (κ1) is 20.9. The van der Waals surface area contributed by atoms with Crippen LogP contribution in [0, 0.1) is 13.8 Å². The number of carbonyl (C=O) groups is 2. The van der Waals surface area contributed by atoms with Gasteiger partial charge in [0.1, 0.15) is 11.4 Å². The zero-order chi connectivity index (χ0) is 21.3. The second kappa shape index (κ2) is 7.89. The summed E-state index contributed by atoms with van der Waals surface area (Å²) in [5.74, 6) is 0.383. The molecule has 0 fully saturated rings. The van der Waals surface area contributed by atoms with E-state index in [9.17, 15) is 9.59 Å². The molecule has 7 nitrogen and oxygen atoms in total. The number of H-pyrrole nitrogens is 1. The predicted molar refractivity (Wildman–Crippen MR) is 110 cm³/mol. The number of fused-ring (bicyclic) bond motifs is 1. The number of nitrogens with one attached hydrogen (secondary N) is 1. The van der Waals surface area contributed by atoms with Gasteiger partial charge in [-0.25, -0.2) is 14.6 Å². The average molecular weight is 399 g/mol. The lowest BCUT2D eigenvalue weighted by atomic mass is 9.99. The first-order chi connectivity index (χ1) is 13.6. The highest BCUT2D eigenvalue weighted by Crippen LogP contribution is 2.27. The van der Waals surface area contributed by atoms with Gasteiger partial charge in [-0.1, -0.05) is 6.07 Å². The Kier molecular flexibility index (Phi) is 5.68. The van der Waals surface area contributed by atoms with E-state index in [1.807, 2.05) is 46.8 Å². The Morgan fingerprint density at radius 1 is 1.10 bits per heavy atom. The van der Waals surface area contributed by atoms with Gasteiger partial charge in [0.05, 0.1) is 18.4 Å². The topological polar surface area (TPSA) is 84.5 Å². The molecule has 1 aliphatic heterocycles. The molecule has 0 saturated carbocycles. The molecule has 7 heteroatoms. The number of benzene rings is 1. The molecule has 0 radical (unpaired) electrons. The van der Waals surface area contributed by atoms with Crippen molar-refractivity contribution in [2.45, 2.75) is 53.1 Å². The number of aromatic nitrogens is 2. The number of carbonyl (C=O) groups excluding carboxylic acids is 2. The van der Waals surface area contributed by atoms with Crippen molar-refractivity contribution in [3.8, 4) is 11.4 Å². The van der Waals surface area contributed by atoms with E-state index in [0.29, 0.717) is 31.5 Å². The fraction of sp³-hybridized carbons (Fsp3) is 0.500. The minimum atomic E-state index is -0.510. The zero-order valence-electron chi connectivity index (χ0n) is 18.0. The summed E-state index contributed by atoms with van der Waals surface area (Å²) < 4.78 is 10.4. The van der Waals surface area contributed by atoms with Crippen LogP contribution < -0.4 is 0 Å². The number of aromatic amines is 1. The lowest BCUT2D eigenvalue weighted by molar-refractivity contribution is 0.0258. The van der Waals surface area contributed by atoms with Crippen LogP contribution in [0.25, 0.3) is 11.4 Å². The highest BCUT2D eigenvalue weighted by atomic mass is 16.6. The zero-order valence-corrected chi connectivity index (χ0v) is 18.0. The molecule has 1 aromatic carbocycles. The van der Waals surface area contributed by atoms with Crippen LogP contribution in [0.4, 0.5) is 4.79 Å². The van der Waals surface area contributed by atoms with E-state index in [1.165, 1.54) is 7.11 Å². The minimum absolute atomic E-state index is 0.292. The molecule has 1 N–H and O–H groups in total. The van der Waals surface area contributed by atoms with Crippen molar-refractivity contribution in [2.24, 2.45) is 0 Å². The molecule has 2 heterocycles. The van der Waals surface area contributed by atoms with Gasteiger partial charge in [-0.05, 0) is 51.8 Å². The Morgan fingerprint density at radius 2 is 1.79 bits per heavy atom. The van der Waals surface area contributed by atoms with Crippen LogP contribution >= 0.6 is 0 Å². The van der Waals surface area contributed by atoms with Crippen LogP contribution in [-0.2, 0) is 22.3 Å². The monoisotopic (exact) mass is 399 g/mol. The number of esters is 1. The van der Waals surface area contributed by atoms with Gasteiger partial charge in [0.15, 0.2) is 0 Å². The Bertz CT molecular complexity index is 915. The molecule has 0 bridgehead atoms. The van der Waals surface area contributed by atoms with Gasteiger partial charge in [-0.3, -0.25) is 0 Å². The maximum Gasteiger partial charge on any atom is 0.410 e. The number of methoxy groups -OCH3 is 1. The normalized spacial score (nSPS) is 14.2. The molecule has 0 atom stereocenters. The highest BCUT2D eigenvalue weighted by molar-refractivity contribution is 5.92. The van der Waals surface area contributed by atoms with E-state index in [4.69, 9.17) is 14.5 Å². The second-order valence-corrected chi connectivity index (χ2v) is 8.45. The quantitative estimate of drug-likeness (QED) is 0.776. The van der Waals surface area contributed by atoms with Gasteiger partial charge < -0.3 is 19.4 Å². The van der Waals surface area contributed by atoms with Crippen LogP contribution in [0.5, 0.6) is 0 Å². The number of aryl methyl sites for hydroxylation is 2. The van der Waals surface area contributed by atoms with Crippen LogP contribution in [0.2, 0.25) is 0 Å². The maximum atomic E-state index is 12.4. The third-order valence-electron chi connectivity index (χ3n) is 5.00. The summed E-state index contributed by atoms with van der Waals surface area (Å²) in [6.07, 6.45) is 1.04. The molecule has 0 saturated heterocycles. The van der Waals surface area contributed by atoms with E-state index in [0.717, 1.165) is 33.9 Å². The Balaban J connectivity index is 1.83. The van der Waals surface area contributed by atoms with E-state index in [2.05, 4.69) is 4.98 Å². The summed E-state index contributed by atoms with van der Waals surface area (Å²) in [6.45, 7) is 10.6. The van der Waals surface area contributed by atoms with E-state index in [-0.39, 0.29) is 12.1 Å². The van der Waals surface area contributed by atoms with Gasteiger partial charge in [-0.15, -0.1) is 0 Å². The maximum absolute atomic E-state index is 12.4. The Hall–Kier alpha value is -2.83. The van der Waals surface area contributed by atoms with Crippen molar-refractivity contribution in [1.29, 1.82) is 0 Å². The van der Waals surface area contributed by atoms with Crippen LogP contribution in [0.15, 0.2) is 12.1 Å². The molecular weight excluding hydrogens is 370 g/mol. The molecule has 1 aromatic heterocycles. The summed E-state index contributed by atoms with van der Waals surface area (Å²) in [7, 11) is 1.38. The van der Waals surface area contributed by atoms with E-state index >= 15 is 0 Å². The minimum Gasteiger partial charge on any atom is -0.465 e. The largest absolute Gasteiger partial charge is 0.465 e. The molecule has 1 aliphatic rings. The summed E-state index contributed by atoms with van der Waals surface area (Å²) in [6, 6.07) is 3.81. The molecule has 1 amide bonds. The van der Waals surface area contributed by atoms with Gasteiger partial charge in [0, 0.05) is 37.2 Å². The molecule has 2 aromatic rings. The molecule has 156 valence electrons. The van der Waals surface area contributed by atoms with Crippen molar-refractivity contribution in [2.75, 3.05) is 20.2 Å². The molecule has 0 unspecified atom stereocenters. The average Bonchev–Trinajstić information content (AvgIpc) is 2.92. The fourth-order valence-electron chi connectivity index (χ4n) is 3.53. The fourth-order valence-corrected chi connectivity index (χ4v) is 3.53. The molecule has 3 rings (SSSR count). The van der Waals surface area contributed by atoms with E-state index < -0.39 is 5.60 Å². The standard InChI is InChI=1S/C22H29N3O4/c1-13-11-14(2)16(20(26)28-6)12-15(13)19-23-17-7-9-25(10-8-18(17)24-19)21(27)29-22(3,4)5/h11-12H,7-10H2,1-6H3,(H,23,24). The van der Waals surface area contributed by atoms with Gasteiger partial charge in [0.2, 0.25) is 0 Å². The van der Waals surface area contributed by atoms with Crippen LogP contribution in [0.3, 0.4) is 0 Å². The Labute approximate surface area is 171 Å². The summed E-state index contributed by atoms with van der Waals surface area (Å²) >= 11 is 0. The first-order valence-corrected chi connectivity index (χ1v) is 9.84. The van der Waals surface area contributed by atoms with Crippen molar-refractivity contribution >= 4 is 12.1 Å². The first-order valence-electron chi connectivity index (χ1n) is 9.84. The SMILES string of the molecule is COC(=O)c1cc(-c2nc3c([nH]2)CCN(C(=O)OC(C)(C)C)CC3)c(C)cc1C. The second-order valence-electron chi connectivity index (χ2n) is 8.45. The molecule has 0 aliphatic carbocycles. The Morgan fingerprint density at radius 3 is 2.45 bits per heavy atom. The number of nitrogens with zero attached hydrogens (tertiary/aromatic N) is 2. The van der Waals surface area contributed by atoms with Crippen molar-refractivity contribution in [3.05, 3.63) is 40.2 Å². The van der Waals surface area contributed by atoms with Crippen molar-refractivity contribution in [1.82, 2.24) is 14.9 Å². The summed E-state index contributed by atoms with van der Waals surface area (Å²) in [5.41, 5.74) is 4.79. The number of hydrogen-bond acceptors (Lipinski definition) is 5. The van der Waals surface area contributed by atoms with Gasteiger partial charge in [0.25, 0.3) is 0 Å². The lowest BCUT2D eigenvalue weighted by Gasteiger charge is -2.26. The smallest absolute Gasteiger partial charge is 0.410 e. The molecule has 0 spiro atoms. The summed E-state index contributed by atoms with van der Waals surface area (Å²) in [4.78, 5) is 34.3. The van der Waals surface area contributed by atoms with Crippen molar-refractivity contribution < 1.29 is 19.1 Å². The summed E-state index contributed by atoms with van der Waals surface area (Å²) in [5, 5.41) is 0. The number of rotatable bonds is 2.